The second-order valence-corrected chi connectivity index (χ2v) is 11.9. The number of carbonyl (C=O) groups excluding carboxylic acids is 1. The molecule has 0 radical (unpaired) electrons. The highest BCUT2D eigenvalue weighted by Crippen LogP contribution is 2.43. The molecule has 8 rings (SSSR count). The molecule has 0 aliphatic rings. The van der Waals surface area contributed by atoms with Crippen molar-refractivity contribution in [2.24, 2.45) is 0 Å². The van der Waals surface area contributed by atoms with Crippen molar-refractivity contribution in [3.05, 3.63) is 199 Å². The standard InChI is InChI=1S/C43H32N4O2/c1-49-42(48)38-20-12-11-19-37(38)31-21-23-32(24-22-31)41-39(33-25-26-40-44-27-28-46(40)29-33)30-47(45-41)43(34-13-5-2-6-14-34,35-15-7-3-8-16-35)36-17-9-4-10-18-36/h2-30H,1H3. The number of pyridine rings is 1. The Balaban J connectivity index is 1.38. The molecule has 0 bridgehead atoms. The van der Waals surface area contributed by atoms with Gasteiger partial charge in [-0.25, -0.2) is 9.78 Å². The molecule has 0 unspecified atom stereocenters. The Morgan fingerprint density at radius 1 is 0.592 bits per heavy atom. The molecule has 0 fully saturated rings. The first-order valence-electron chi connectivity index (χ1n) is 16.1. The first-order valence-corrected chi connectivity index (χ1v) is 16.1. The highest BCUT2D eigenvalue weighted by Gasteiger charge is 2.40. The SMILES string of the molecule is COC(=O)c1ccccc1-c1ccc(-c2nn(C(c3ccccc3)(c3ccccc3)c3ccccc3)cc2-c2ccc3nccn3c2)cc1. The Hall–Kier alpha value is -6.53. The molecule has 6 heteroatoms. The van der Waals surface area contributed by atoms with Crippen LogP contribution < -0.4 is 0 Å². The van der Waals surface area contributed by atoms with Crippen LogP contribution in [0.1, 0.15) is 27.0 Å². The average Bonchev–Trinajstić information content (AvgIpc) is 3.84. The summed E-state index contributed by atoms with van der Waals surface area (Å²) in [5, 5.41) is 5.51. The second-order valence-electron chi connectivity index (χ2n) is 11.9. The first kappa shape index (κ1) is 29.8. The van der Waals surface area contributed by atoms with Gasteiger partial charge in [0.2, 0.25) is 0 Å². The van der Waals surface area contributed by atoms with Gasteiger partial charge >= 0.3 is 5.97 Å². The number of benzene rings is 5. The van der Waals surface area contributed by atoms with E-state index >= 15 is 0 Å². The van der Waals surface area contributed by atoms with Crippen LogP contribution in [-0.4, -0.2) is 32.2 Å². The summed E-state index contributed by atoms with van der Waals surface area (Å²) in [6.07, 6.45) is 8.03. The third-order valence-corrected chi connectivity index (χ3v) is 9.13. The lowest BCUT2D eigenvalue weighted by molar-refractivity contribution is 0.0601. The van der Waals surface area contributed by atoms with Crippen molar-refractivity contribution in [1.82, 2.24) is 19.2 Å². The summed E-state index contributed by atoms with van der Waals surface area (Å²) >= 11 is 0. The molecular formula is C43H32N4O2. The number of fused-ring (bicyclic) bond motifs is 1. The Morgan fingerprint density at radius 2 is 1.14 bits per heavy atom. The molecule has 49 heavy (non-hydrogen) atoms. The Bertz CT molecular complexity index is 2280. The topological polar surface area (TPSA) is 61.4 Å². The van der Waals surface area contributed by atoms with Gasteiger partial charge in [-0.2, -0.15) is 5.10 Å². The molecule has 3 heterocycles. The van der Waals surface area contributed by atoms with Crippen LogP contribution in [0.5, 0.6) is 0 Å². The molecule has 3 aromatic heterocycles. The van der Waals surface area contributed by atoms with E-state index in [4.69, 9.17) is 9.84 Å². The Kier molecular flexibility index (Phi) is 7.66. The summed E-state index contributed by atoms with van der Waals surface area (Å²) in [6.45, 7) is 0. The van der Waals surface area contributed by atoms with Gasteiger partial charge < -0.3 is 9.14 Å². The van der Waals surface area contributed by atoms with E-state index in [1.165, 1.54) is 7.11 Å². The number of hydrogen-bond acceptors (Lipinski definition) is 4. The minimum atomic E-state index is -0.782. The van der Waals surface area contributed by atoms with Crippen LogP contribution in [0.25, 0.3) is 39.2 Å². The highest BCUT2D eigenvalue weighted by molar-refractivity contribution is 5.97. The summed E-state index contributed by atoms with van der Waals surface area (Å²) in [5.41, 5.74) is 9.38. The van der Waals surface area contributed by atoms with Crippen molar-refractivity contribution < 1.29 is 9.53 Å². The van der Waals surface area contributed by atoms with Crippen LogP contribution in [0.2, 0.25) is 0 Å². The van der Waals surface area contributed by atoms with Gasteiger partial charge in [0.1, 0.15) is 16.9 Å². The lowest BCUT2D eigenvalue weighted by Crippen LogP contribution is -2.38. The smallest absolute Gasteiger partial charge is 0.338 e. The van der Waals surface area contributed by atoms with Gasteiger partial charge in [-0.1, -0.05) is 133 Å². The molecule has 0 aliphatic carbocycles. The van der Waals surface area contributed by atoms with E-state index in [1.54, 1.807) is 12.3 Å². The van der Waals surface area contributed by atoms with Gasteiger partial charge in [0.05, 0.1) is 12.7 Å². The van der Waals surface area contributed by atoms with E-state index in [2.05, 4.69) is 113 Å². The molecule has 0 aliphatic heterocycles. The van der Waals surface area contributed by atoms with Crippen molar-refractivity contribution in [2.75, 3.05) is 7.11 Å². The Morgan fingerprint density at radius 3 is 1.76 bits per heavy atom. The number of carbonyl (C=O) groups is 1. The van der Waals surface area contributed by atoms with Crippen LogP contribution in [0.3, 0.4) is 0 Å². The number of esters is 1. The lowest BCUT2D eigenvalue weighted by Gasteiger charge is -2.36. The maximum atomic E-state index is 12.6. The van der Waals surface area contributed by atoms with Gasteiger partial charge in [-0.15, -0.1) is 0 Å². The fourth-order valence-corrected chi connectivity index (χ4v) is 6.81. The predicted molar refractivity (Wildman–Crippen MR) is 193 cm³/mol. The average molecular weight is 637 g/mol. The zero-order valence-corrected chi connectivity index (χ0v) is 26.8. The monoisotopic (exact) mass is 636 g/mol. The molecule has 0 atom stereocenters. The third kappa shape index (κ3) is 5.20. The summed E-state index contributed by atoms with van der Waals surface area (Å²) in [5.74, 6) is -0.366. The summed E-state index contributed by atoms with van der Waals surface area (Å²) in [7, 11) is 1.40. The molecule has 0 saturated heterocycles. The third-order valence-electron chi connectivity index (χ3n) is 9.13. The first-order chi connectivity index (χ1) is 24.2. The van der Waals surface area contributed by atoms with Crippen molar-refractivity contribution >= 4 is 11.6 Å². The Labute approximate surface area is 284 Å². The maximum absolute atomic E-state index is 12.6. The molecule has 6 nitrogen and oxygen atoms in total. The lowest BCUT2D eigenvalue weighted by atomic mass is 9.77. The van der Waals surface area contributed by atoms with E-state index in [0.717, 1.165) is 55.8 Å². The number of ether oxygens (including phenoxy) is 1. The molecule has 0 spiro atoms. The van der Waals surface area contributed by atoms with Gasteiger partial charge in [0.25, 0.3) is 0 Å². The fourth-order valence-electron chi connectivity index (χ4n) is 6.81. The fraction of sp³-hybridized carbons (Fsp3) is 0.0465. The van der Waals surface area contributed by atoms with Crippen LogP contribution in [0.4, 0.5) is 0 Å². The molecule has 0 amide bonds. The molecule has 0 saturated carbocycles. The van der Waals surface area contributed by atoms with Crippen LogP contribution in [0.15, 0.2) is 176 Å². The quantitative estimate of drug-likeness (QED) is 0.123. The van der Waals surface area contributed by atoms with E-state index < -0.39 is 5.54 Å². The van der Waals surface area contributed by atoms with Crippen molar-refractivity contribution in [3.8, 4) is 33.5 Å². The zero-order valence-electron chi connectivity index (χ0n) is 26.8. The molecule has 236 valence electrons. The van der Waals surface area contributed by atoms with Crippen molar-refractivity contribution in [1.29, 1.82) is 0 Å². The zero-order chi connectivity index (χ0) is 33.2. The molecule has 8 aromatic rings. The number of methoxy groups -OCH3 is 1. The number of hydrogen-bond donors (Lipinski definition) is 0. The summed E-state index contributed by atoms with van der Waals surface area (Å²) in [4.78, 5) is 17.0. The van der Waals surface area contributed by atoms with Crippen molar-refractivity contribution in [3.63, 3.8) is 0 Å². The summed E-state index contributed by atoms with van der Waals surface area (Å²) < 4.78 is 9.22. The second kappa shape index (κ2) is 12.6. The number of aromatic nitrogens is 4. The van der Waals surface area contributed by atoms with E-state index in [9.17, 15) is 4.79 Å². The van der Waals surface area contributed by atoms with Gasteiger partial charge in [0, 0.05) is 41.5 Å². The molecule has 0 N–H and O–H groups in total. The summed E-state index contributed by atoms with van der Waals surface area (Å²) in [6, 6.07) is 51.5. The minimum absolute atomic E-state index is 0.366. The van der Waals surface area contributed by atoms with Crippen molar-refractivity contribution in [2.45, 2.75) is 5.54 Å². The number of rotatable bonds is 8. The molecular weight excluding hydrogens is 604 g/mol. The largest absolute Gasteiger partial charge is 0.465 e. The molecule has 5 aromatic carbocycles. The van der Waals surface area contributed by atoms with Gasteiger partial charge in [0.15, 0.2) is 0 Å². The van der Waals surface area contributed by atoms with Gasteiger partial charge in [-0.05, 0) is 46.0 Å². The normalized spacial score (nSPS) is 11.4. The van der Waals surface area contributed by atoms with Crippen LogP contribution in [0, 0.1) is 0 Å². The van der Waals surface area contributed by atoms with E-state index in [0.29, 0.717) is 5.56 Å². The minimum Gasteiger partial charge on any atom is -0.465 e. The predicted octanol–water partition coefficient (Wildman–Crippen LogP) is 9.16. The van der Waals surface area contributed by atoms with Crippen LogP contribution >= 0.6 is 0 Å². The highest BCUT2D eigenvalue weighted by atomic mass is 16.5. The van der Waals surface area contributed by atoms with E-state index in [1.807, 2.05) is 65.2 Å². The van der Waals surface area contributed by atoms with E-state index in [-0.39, 0.29) is 5.97 Å². The number of imidazole rings is 1. The van der Waals surface area contributed by atoms with Gasteiger partial charge in [-0.3, -0.25) is 4.68 Å². The maximum Gasteiger partial charge on any atom is 0.338 e. The van der Waals surface area contributed by atoms with Crippen LogP contribution in [-0.2, 0) is 10.3 Å². The number of nitrogens with zero attached hydrogens (tertiary/aromatic N) is 4.